The minimum absolute atomic E-state index is 0.479. The molecule has 0 aliphatic heterocycles. The lowest BCUT2D eigenvalue weighted by molar-refractivity contribution is 0.809. The topological polar surface area (TPSA) is 35.8 Å². The molecule has 0 saturated heterocycles. The standard InChI is InChI=1S/C13H16N2/c1-15-11-5-4-8-12-6-2-3-7-13(12)9-10-14/h2-4,6-8,15H,5,9,11H2,1H3. The predicted octanol–water partition coefficient (Wildman–Crippen LogP) is 2.38. The van der Waals surface area contributed by atoms with E-state index in [1.807, 2.05) is 31.3 Å². The highest BCUT2D eigenvalue weighted by Gasteiger charge is 1.96. The number of rotatable bonds is 5. The highest BCUT2D eigenvalue weighted by atomic mass is 14.8. The second-order valence-electron chi connectivity index (χ2n) is 3.33. The summed E-state index contributed by atoms with van der Waals surface area (Å²) < 4.78 is 0. The van der Waals surface area contributed by atoms with Crippen molar-refractivity contribution in [2.75, 3.05) is 13.6 Å². The fourth-order valence-corrected chi connectivity index (χ4v) is 1.38. The number of hydrogen-bond donors (Lipinski definition) is 1. The van der Waals surface area contributed by atoms with Crippen LogP contribution in [0.3, 0.4) is 0 Å². The molecule has 0 fully saturated rings. The van der Waals surface area contributed by atoms with Gasteiger partial charge >= 0.3 is 0 Å². The summed E-state index contributed by atoms with van der Waals surface area (Å²) in [5, 5.41) is 11.8. The fraction of sp³-hybridized carbons (Fsp3) is 0.308. The van der Waals surface area contributed by atoms with Gasteiger partial charge in [0.2, 0.25) is 0 Å². The highest BCUT2D eigenvalue weighted by Crippen LogP contribution is 2.11. The van der Waals surface area contributed by atoms with Crippen molar-refractivity contribution >= 4 is 6.08 Å². The third kappa shape index (κ3) is 3.97. The second-order valence-corrected chi connectivity index (χ2v) is 3.33. The van der Waals surface area contributed by atoms with Gasteiger partial charge < -0.3 is 5.32 Å². The molecule has 0 aliphatic rings. The lowest BCUT2D eigenvalue weighted by atomic mass is 10.0. The van der Waals surface area contributed by atoms with E-state index in [2.05, 4.69) is 23.5 Å². The van der Waals surface area contributed by atoms with Crippen LogP contribution in [0, 0.1) is 11.3 Å². The van der Waals surface area contributed by atoms with E-state index >= 15 is 0 Å². The zero-order valence-corrected chi connectivity index (χ0v) is 9.03. The highest BCUT2D eigenvalue weighted by molar-refractivity contribution is 5.54. The van der Waals surface area contributed by atoms with Crippen LogP contribution in [0.1, 0.15) is 17.5 Å². The average Bonchev–Trinajstić information content (AvgIpc) is 2.27. The summed E-state index contributed by atoms with van der Waals surface area (Å²) in [6.45, 7) is 0.983. The Morgan fingerprint density at radius 3 is 2.93 bits per heavy atom. The van der Waals surface area contributed by atoms with Gasteiger partial charge in [-0.15, -0.1) is 0 Å². The van der Waals surface area contributed by atoms with Gasteiger partial charge in [-0.05, 0) is 31.1 Å². The van der Waals surface area contributed by atoms with Crippen LogP contribution in [0.4, 0.5) is 0 Å². The molecule has 0 heterocycles. The third-order valence-corrected chi connectivity index (χ3v) is 2.18. The number of hydrogen-bond acceptors (Lipinski definition) is 2. The molecule has 0 unspecified atom stereocenters. The maximum absolute atomic E-state index is 8.67. The lowest BCUT2D eigenvalue weighted by Gasteiger charge is -2.00. The summed E-state index contributed by atoms with van der Waals surface area (Å²) in [7, 11) is 1.94. The summed E-state index contributed by atoms with van der Waals surface area (Å²) in [5.41, 5.74) is 2.25. The van der Waals surface area contributed by atoms with E-state index in [-0.39, 0.29) is 0 Å². The second kappa shape index (κ2) is 6.80. The van der Waals surface area contributed by atoms with Gasteiger partial charge in [0.25, 0.3) is 0 Å². The molecule has 0 spiro atoms. The zero-order chi connectivity index (χ0) is 10.9. The maximum atomic E-state index is 8.67. The predicted molar refractivity (Wildman–Crippen MR) is 63.3 cm³/mol. The molecule has 1 aromatic rings. The Bertz CT molecular complexity index is 361. The summed E-state index contributed by atoms with van der Waals surface area (Å²) in [6, 6.07) is 10.2. The fourth-order valence-electron chi connectivity index (χ4n) is 1.38. The van der Waals surface area contributed by atoms with Crippen LogP contribution in [0.25, 0.3) is 6.08 Å². The van der Waals surface area contributed by atoms with Crippen molar-refractivity contribution < 1.29 is 0 Å². The Balaban J connectivity index is 2.67. The van der Waals surface area contributed by atoms with Crippen LogP contribution in [-0.4, -0.2) is 13.6 Å². The van der Waals surface area contributed by atoms with E-state index in [9.17, 15) is 0 Å². The normalized spacial score (nSPS) is 10.4. The van der Waals surface area contributed by atoms with Crippen molar-refractivity contribution in [2.45, 2.75) is 12.8 Å². The first-order valence-corrected chi connectivity index (χ1v) is 5.14. The SMILES string of the molecule is CNCCC=Cc1ccccc1CC#N. The van der Waals surface area contributed by atoms with Gasteiger partial charge in [0.15, 0.2) is 0 Å². The summed E-state index contributed by atoms with van der Waals surface area (Å²) in [5.74, 6) is 0. The Labute approximate surface area is 91.2 Å². The minimum atomic E-state index is 0.479. The van der Waals surface area contributed by atoms with Crippen molar-refractivity contribution in [2.24, 2.45) is 0 Å². The molecule has 78 valence electrons. The Kier molecular flexibility index (Phi) is 5.21. The van der Waals surface area contributed by atoms with Crippen molar-refractivity contribution in [1.29, 1.82) is 5.26 Å². The molecule has 0 bridgehead atoms. The largest absolute Gasteiger partial charge is 0.319 e. The molecular weight excluding hydrogens is 184 g/mol. The molecular formula is C13H16N2. The quantitative estimate of drug-likeness (QED) is 0.741. The molecule has 0 atom stereocenters. The van der Waals surface area contributed by atoms with Gasteiger partial charge in [0.1, 0.15) is 0 Å². The number of nitriles is 1. The van der Waals surface area contributed by atoms with Crippen LogP contribution >= 0.6 is 0 Å². The van der Waals surface area contributed by atoms with Crippen molar-refractivity contribution in [3.05, 3.63) is 41.5 Å². The van der Waals surface area contributed by atoms with E-state index in [1.54, 1.807) is 0 Å². The van der Waals surface area contributed by atoms with Crippen LogP contribution < -0.4 is 5.32 Å². The summed E-state index contributed by atoms with van der Waals surface area (Å²) in [6.07, 6.45) is 5.71. The van der Waals surface area contributed by atoms with Gasteiger partial charge in [-0.3, -0.25) is 0 Å². The summed E-state index contributed by atoms with van der Waals surface area (Å²) >= 11 is 0. The molecule has 0 radical (unpaired) electrons. The van der Waals surface area contributed by atoms with E-state index in [1.165, 1.54) is 0 Å². The van der Waals surface area contributed by atoms with Gasteiger partial charge in [-0.1, -0.05) is 36.4 Å². The monoisotopic (exact) mass is 200 g/mol. The van der Waals surface area contributed by atoms with E-state index in [4.69, 9.17) is 5.26 Å². The van der Waals surface area contributed by atoms with Crippen LogP contribution in [-0.2, 0) is 6.42 Å². The Hall–Kier alpha value is -1.59. The molecule has 2 nitrogen and oxygen atoms in total. The molecule has 0 aromatic heterocycles. The van der Waals surface area contributed by atoms with Crippen LogP contribution in [0.15, 0.2) is 30.3 Å². The Morgan fingerprint density at radius 1 is 1.40 bits per heavy atom. The number of benzene rings is 1. The molecule has 0 aliphatic carbocycles. The van der Waals surface area contributed by atoms with Gasteiger partial charge in [-0.25, -0.2) is 0 Å². The summed E-state index contributed by atoms with van der Waals surface area (Å²) in [4.78, 5) is 0. The first-order valence-electron chi connectivity index (χ1n) is 5.14. The van der Waals surface area contributed by atoms with E-state index in [0.717, 1.165) is 24.1 Å². The third-order valence-electron chi connectivity index (χ3n) is 2.18. The Morgan fingerprint density at radius 2 is 2.20 bits per heavy atom. The molecule has 15 heavy (non-hydrogen) atoms. The zero-order valence-electron chi connectivity index (χ0n) is 9.03. The van der Waals surface area contributed by atoms with E-state index in [0.29, 0.717) is 6.42 Å². The van der Waals surface area contributed by atoms with Crippen LogP contribution in [0.5, 0.6) is 0 Å². The maximum Gasteiger partial charge on any atom is 0.0669 e. The number of nitrogens with zero attached hydrogens (tertiary/aromatic N) is 1. The van der Waals surface area contributed by atoms with E-state index < -0.39 is 0 Å². The molecule has 1 rings (SSSR count). The first kappa shape index (κ1) is 11.5. The van der Waals surface area contributed by atoms with Gasteiger partial charge in [0, 0.05) is 0 Å². The first-order chi connectivity index (χ1) is 7.38. The van der Waals surface area contributed by atoms with Gasteiger partial charge in [0.05, 0.1) is 12.5 Å². The smallest absolute Gasteiger partial charge is 0.0669 e. The molecule has 1 aromatic carbocycles. The van der Waals surface area contributed by atoms with Crippen LogP contribution in [0.2, 0.25) is 0 Å². The molecule has 2 heteroatoms. The average molecular weight is 200 g/mol. The minimum Gasteiger partial charge on any atom is -0.319 e. The van der Waals surface area contributed by atoms with Gasteiger partial charge in [-0.2, -0.15) is 5.26 Å². The number of nitrogens with one attached hydrogen (secondary N) is 1. The lowest BCUT2D eigenvalue weighted by Crippen LogP contribution is -2.05. The van der Waals surface area contributed by atoms with Crippen molar-refractivity contribution in [3.8, 4) is 6.07 Å². The molecule has 0 saturated carbocycles. The molecule has 0 amide bonds. The van der Waals surface area contributed by atoms with Crippen molar-refractivity contribution in [1.82, 2.24) is 5.32 Å². The molecule has 1 N–H and O–H groups in total. The van der Waals surface area contributed by atoms with Crippen molar-refractivity contribution in [3.63, 3.8) is 0 Å².